The van der Waals surface area contributed by atoms with Gasteiger partial charge in [0.05, 0.1) is 5.02 Å². The van der Waals surface area contributed by atoms with E-state index in [0.717, 1.165) is 31.1 Å². The van der Waals surface area contributed by atoms with Gasteiger partial charge in [-0.2, -0.15) is 4.99 Å². The highest BCUT2D eigenvalue weighted by Crippen LogP contribution is 2.29. The molecule has 2 heterocycles. The molecule has 1 fully saturated rings. The van der Waals surface area contributed by atoms with E-state index in [1.54, 1.807) is 0 Å². The number of carbonyl (C=O) groups excluding carboxylic acids is 2. The predicted molar refractivity (Wildman–Crippen MR) is 93.9 cm³/mol. The van der Waals surface area contributed by atoms with Crippen molar-refractivity contribution in [3.8, 4) is 0 Å². The molecule has 1 aromatic rings. The van der Waals surface area contributed by atoms with Gasteiger partial charge in [0.1, 0.15) is 11.1 Å². The number of aliphatic imine (C=N–C) groups is 1. The van der Waals surface area contributed by atoms with E-state index in [4.69, 9.17) is 11.6 Å². The van der Waals surface area contributed by atoms with Gasteiger partial charge in [0, 0.05) is 25.2 Å². The second kappa shape index (κ2) is 7.53. The Morgan fingerprint density at radius 2 is 2.12 bits per heavy atom. The number of nitrogens with zero attached hydrogens (tertiary/aromatic N) is 2. The van der Waals surface area contributed by atoms with Gasteiger partial charge in [-0.1, -0.05) is 23.4 Å². The van der Waals surface area contributed by atoms with E-state index in [1.807, 2.05) is 0 Å². The fourth-order valence-electron chi connectivity index (χ4n) is 2.68. The lowest BCUT2D eigenvalue weighted by atomic mass is 10.1. The number of nitrogens with one attached hydrogen (secondary N) is 1. The maximum absolute atomic E-state index is 13.1. The van der Waals surface area contributed by atoms with Crippen LogP contribution in [0.15, 0.2) is 23.2 Å². The van der Waals surface area contributed by atoms with Crippen LogP contribution in [0, 0.1) is 5.82 Å². The molecule has 0 saturated carbocycles. The molecule has 2 aliphatic heterocycles. The Morgan fingerprint density at radius 1 is 1.38 bits per heavy atom. The van der Waals surface area contributed by atoms with Crippen LogP contribution in [0.1, 0.15) is 25.7 Å². The van der Waals surface area contributed by atoms with Gasteiger partial charge in [0.15, 0.2) is 5.17 Å². The summed E-state index contributed by atoms with van der Waals surface area (Å²) in [6.45, 7) is 1.82. The van der Waals surface area contributed by atoms with Crippen molar-refractivity contribution in [3.63, 3.8) is 0 Å². The van der Waals surface area contributed by atoms with E-state index >= 15 is 0 Å². The van der Waals surface area contributed by atoms with Gasteiger partial charge >= 0.3 is 0 Å². The smallest absolute Gasteiger partial charge is 0.262 e. The average molecular weight is 370 g/mol. The van der Waals surface area contributed by atoms with E-state index in [0.29, 0.717) is 5.69 Å². The van der Waals surface area contributed by atoms with Crippen LogP contribution in [0.2, 0.25) is 5.02 Å². The van der Waals surface area contributed by atoms with Gasteiger partial charge in [-0.05, 0) is 37.5 Å². The first-order valence-corrected chi connectivity index (χ1v) is 9.08. The third-order valence-electron chi connectivity index (χ3n) is 3.93. The zero-order valence-electron chi connectivity index (χ0n) is 12.9. The fourth-order valence-corrected chi connectivity index (χ4v) is 3.98. The molecule has 0 aromatic heterocycles. The first-order chi connectivity index (χ1) is 11.5. The number of hydrogen-bond donors (Lipinski definition) is 1. The van der Waals surface area contributed by atoms with Gasteiger partial charge in [0.2, 0.25) is 5.91 Å². The monoisotopic (exact) mass is 369 g/mol. The Kier molecular flexibility index (Phi) is 5.40. The van der Waals surface area contributed by atoms with Crippen LogP contribution >= 0.6 is 23.4 Å². The van der Waals surface area contributed by atoms with Crippen LogP contribution in [0.3, 0.4) is 0 Å². The summed E-state index contributed by atoms with van der Waals surface area (Å²) in [6, 6.07) is 3.96. The minimum absolute atomic E-state index is 0.0271. The second-order valence-corrected chi connectivity index (χ2v) is 7.35. The summed E-state index contributed by atoms with van der Waals surface area (Å²) in [5.74, 6) is -1.14. The maximum Gasteiger partial charge on any atom is 0.262 e. The van der Waals surface area contributed by atoms with E-state index in [1.165, 1.54) is 36.4 Å². The summed E-state index contributed by atoms with van der Waals surface area (Å²) in [5.41, 5.74) is 0.402. The van der Waals surface area contributed by atoms with Crippen LogP contribution in [0.25, 0.3) is 0 Å². The Balaban J connectivity index is 1.55. The Hall–Kier alpha value is -1.60. The lowest BCUT2D eigenvalue weighted by molar-refractivity contribution is -0.121. The molecule has 1 saturated heterocycles. The molecule has 1 aromatic carbocycles. The number of amides is 2. The van der Waals surface area contributed by atoms with Crippen molar-refractivity contribution < 1.29 is 14.0 Å². The third kappa shape index (κ3) is 4.08. The number of halogens is 2. The van der Waals surface area contributed by atoms with E-state index < -0.39 is 11.1 Å². The van der Waals surface area contributed by atoms with Crippen molar-refractivity contribution in [2.24, 2.45) is 4.99 Å². The zero-order chi connectivity index (χ0) is 17.1. The molecule has 0 unspecified atom stereocenters. The van der Waals surface area contributed by atoms with Crippen molar-refractivity contribution in [2.75, 3.05) is 18.4 Å². The van der Waals surface area contributed by atoms with Crippen LogP contribution in [0.5, 0.6) is 0 Å². The first kappa shape index (κ1) is 17.2. The molecule has 0 bridgehead atoms. The number of benzene rings is 1. The molecule has 1 N–H and O–H groups in total. The number of anilines is 1. The van der Waals surface area contributed by atoms with Gasteiger partial charge in [-0.25, -0.2) is 4.39 Å². The van der Waals surface area contributed by atoms with Crippen LogP contribution in [-0.4, -0.2) is 40.2 Å². The molecule has 2 aliphatic rings. The van der Waals surface area contributed by atoms with Crippen LogP contribution < -0.4 is 5.32 Å². The zero-order valence-corrected chi connectivity index (χ0v) is 14.5. The number of amidine groups is 1. The van der Waals surface area contributed by atoms with Gasteiger partial charge in [-0.3, -0.25) is 9.59 Å². The summed E-state index contributed by atoms with van der Waals surface area (Å²) >= 11 is 7.04. The molecule has 1 atom stereocenters. The van der Waals surface area contributed by atoms with E-state index in [9.17, 15) is 14.0 Å². The number of piperidine rings is 1. The lowest BCUT2D eigenvalue weighted by Gasteiger charge is -2.27. The summed E-state index contributed by atoms with van der Waals surface area (Å²) in [6.07, 6.45) is 3.43. The summed E-state index contributed by atoms with van der Waals surface area (Å²) < 4.78 is 13.1. The van der Waals surface area contributed by atoms with E-state index in [2.05, 4.69) is 15.2 Å². The van der Waals surface area contributed by atoms with Crippen LogP contribution in [0.4, 0.5) is 10.1 Å². The van der Waals surface area contributed by atoms with Crippen molar-refractivity contribution in [3.05, 3.63) is 29.0 Å². The predicted octanol–water partition coefficient (Wildman–Crippen LogP) is 3.29. The quantitative estimate of drug-likeness (QED) is 0.888. The van der Waals surface area contributed by atoms with Crippen molar-refractivity contribution >= 4 is 46.0 Å². The molecule has 128 valence electrons. The lowest BCUT2D eigenvalue weighted by Crippen LogP contribution is -2.33. The van der Waals surface area contributed by atoms with Crippen molar-refractivity contribution in [2.45, 2.75) is 30.9 Å². The highest BCUT2D eigenvalue weighted by molar-refractivity contribution is 8.15. The second-order valence-electron chi connectivity index (χ2n) is 5.77. The number of thioether (sulfide) groups is 1. The Morgan fingerprint density at radius 3 is 2.83 bits per heavy atom. The molecule has 0 aliphatic carbocycles. The average Bonchev–Trinajstić information content (AvgIpc) is 2.93. The summed E-state index contributed by atoms with van der Waals surface area (Å²) in [7, 11) is 0. The number of likely N-dealkylation sites (tertiary alicyclic amines) is 1. The van der Waals surface area contributed by atoms with Gasteiger partial charge in [-0.15, -0.1) is 0 Å². The third-order valence-corrected chi connectivity index (χ3v) is 5.43. The molecular formula is C16H17ClFN3O2S. The van der Waals surface area contributed by atoms with E-state index in [-0.39, 0.29) is 23.3 Å². The number of hydrogen-bond acceptors (Lipinski definition) is 4. The van der Waals surface area contributed by atoms with Crippen molar-refractivity contribution in [1.29, 1.82) is 0 Å². The van der Waals surface area contributed by atoms with Crippen molar-refractivity contribution in [1.82, 2.24) is 4.90 Å². The van der Waals surface area contributed by atoms with Gasteiger partial charge in [0.25, 0.3) is 5.91 Å². The molecule has 0 radical (unpaired) electrons. The number of carbonyl (C=O) groups is 2. The Labute approximate surface area is 148 Å². The fraction of sp³-hybridized carbons (Fsp3) is 0.438. The normalized spacial score (nSPS) is 20.9. The maximum atomic E-state index is 13.1. The first-order valence-electron chi connectivity index (χ1n) is 7.82. The molecule has 3 rings (SSSR count). The van der Waals surface area contributed by atoms with Crippen LogP contribution in [-0.2, 0) is 9.59 Å². The minimum Gasteiger partial charge on any atom is -0.351 e. The molecular weight excluding hydrogens is 353 g/mol. The molecule has 24 heavy (non-hydrogen) atoms. The largest absolute Gasteiger partial charge is 0.351 e. The minimum atomic E-state index is -0.546. The molecule has 0 spiro atoms. The molecule has 2 amide bonds. The standard InChI is InChI=1S/C16H17ClFN3O2S/c17-11-8-10(4-5-12(11)18)19-14(22)9-13-15(23)20-16(24-13)21-6-2-1-3-7-21/h4-5,8,13H,1-3,6-7,9H2,(H,19,22)/t13-/m1/s1. The number of rotatable bonds is 3. The summed E-state index contributed by atoms with van der Waals surface area (Å²) in [5, 5.41) is 2.79. The topological polar surface area (TPSA) is 61.8 Å². The highest BCUT2D eigenvalue weighted by Gasteiger charge is 2.33. The molecule has 5 nitrogen and oxygen atoms in total. The summed E-state index contributed by atoms with van der Waals surface area (Å²) in [4.78, 5) is 30.4. The van der Waals surface area contributed by atoms with Gasteiger partial charge < -0.3 is 10.2 Å². The Bertz CT molecular complexity index is 692. The highest BCUT2D eigenvalue weighted by atomic mass is 35.5. The SMILES string of the molecule is O=C(C[C@H]1SC(N2CCCCC2)=NC1=O)Nc1ccc(F)c(Cl)c1. The molecule has 8 heteroatoms.